The molecule has 3 aliphatic heterocycles. The van der Waals surface area contributed by atoms with Crippen LogP contribution in [0.3, 0.4) is 0 Å². The monoisotopic (exact) mass is 232 g/mol. The Hall–Kier alpha value is -0.240. The maximum absolute atomic E-state index is 9.93. The molecule has 1 N–H and O–H groups in total. The van der Waals surface area contributed by atoms with Crippen molar-refractivity contribution >= 4 is 0 Å². The number of aliphatic hydroxyl groups excluding tert-OH is 1. The molecule has 0 aromatic rings. The summed E-state index contributed by atoms with van der Waals surface area (Å²) in [5.41, 5.74) is 0. The Kier molecular flexibility index (Phi) is 2.66. The maximum atomic E-state index is 9.93. The molecule has 0 aromatic heterocycles. The van der Waals surface area contributed by atoms with Crippen LogP contribution in [0, 0.1) is 0 Å². The highest BCUT2D eigenvalue weighted by atomic mass is 16.8. The van der Waals surface area contributed by atoms with Crippen LogP contribution < -0.4 is 0 Å². The third-order valence-corrected chi connectivity index (χ3v) is 3.31. The van der Waals surface area contributed by atoms with Crippen LogP contribution in [0.5, 0.6) is 0 Å². The first-order valence-corrected chi connectivity index (χ1v) is 5.54. The van der Waals surface area contributed by atoms with Gasteiger partial charge in [-0.15, -0.1) is 0 Å². The summed E-state index contributed by atoms with van der Waals surface area (Å²) in [6.45, 7) is 1.57. The molecule has 0 radical (unpaired) electrons. The highest BCUT2D eigenvalue weighted by molar-refractivity contribution is 5.04. The Balaban J connectivity index is 1.84. The third kappa shape index (κ3) is 1.35. The van der Waals surface area contributed by atoms with E-state index in [4.69, 9.17) is 23.7 Å². The number of methoxy groups -OCH3 is 1. The van der Waals surface area contributed by atoms with Gasteiger partial charge in [0.1, 0.15) is 18.3 Å². The van der Waals surface area contributed by atoms with Crippen LogP contribution in [0.25, 0.3) is 0 Å². The number of rotatable bonds is 2. The smallest absolute Gasteiger partial charge is 0.251 e. The molecule has 0 saturated carbocycles. The SMILES string of the molecule is COC1C(O)C2COC1(C1OCCCO1)O2. The first-order chi connectivity index (χ1) is 7.78. The summed E-state index contributed by atoms with van der Waals surface area (Å²) in [7, 11) is 1.52. The minimum absolute atomic E-state index is 0.348. The van der Waals surface area contributed by atoms with Gasteiger partial charge in [0, 0.05) is 7.11 Å². The van der Waals surface area contributed by atoms with E-state index in [0.717, 1.165) is 6.42 Å². The molecule has 16 heavy (non-hydrogen) atoms. The van der Waals surface area contributed by atoms with Crippen LogP contribution in [-0.4, -0.2) is 62.4 Å². The lowest BCUT2D eigenvalue weighted by molar-refractivity contribution is -0.349. The number of aliphatic hydroxyl groups is 1. The average molecular weight is 232 g/mol. The Bertz CT molecular complexity index is 266. The van der Waals surface area contributed by atoms with E-state index in [-0.39, 0.29) is 6.10 Å². The molecular weight excluding hydrogens is 216 g/mol. The Labute approximate surface area is 93.4 Å². The van der Waals surface area contributed by atoms with Crippen molar-refractivity contribution in [2.75, 3.05) is 26.9 Å². The van der Waals surface area contributed by atoms with E-state index in [9.17, 15) is 5.11 Å². The van der Waals surface area contributed by atoms with Crippen LogP contribution in [-0.2, 0) is 23.7 Å². The van der Waals surface area contributed by atoms with Gasteiger partial charge in [-0.3, -0.25) is 0 Å². The second-order valence-corrected chi connectivity index (χ2v) is 4.26. The van der Waals surface area contributed by atoms with Gasteiger partial charge in [-0.05, 0) is 6.42 Å². The van der Waals surface area contributed by atoms with Crippen molar-refractivity contribution in [3.05, 3.63) is 0 Å². The zero-order chi connectivity index (χ0) is 11.2. The minimum Gasteiger partial charge on any atom is -0.387 e. The minimum atomic E-state index is -1.10. The summed E-state index contributed by atoms with van der Waals surface area (Å²) >= 11 is 0. The topological polar surface area (TPSA) is 66.4 Å². The van der Waals surface area contributed by atoms with Gasteiger partial charge < -0.3 is 28.8 Å². The van der Waals surface area contributed by atoms with Crippen molar-refractivity contribution in [1.82, 2.24) is 0 Å². The van der Waals surface area contributed by atoms with E-state index in [2.05, 4.69) is 0 Å². The molecule has 2 bridgehead atoms. The van der Waals surface area contributed by atoms with Crippen LogP contribution in [0.2, 0.25) is 0 Å². The molecule has 3 heterocycles. The van der Waals surface area contributed by atoms with Crippen LogP contribution in [0.1, 0.15) is 6.42 Å². The van der Waals surface area contributed by atoms with Crippen molar-refractivity contribution in [3.63, 3.8) is 0 Å². The van der Waals surface area contributed by atoms with Crippen LogP contribution >= 0.6 is 0 Å². The molecule has 0 amide bonds. The number of fused-ring (bicyclic) bond motifs is 2. The molecule has 3 aliphatic rings. The van der Waals surface area contributed by atoms with Gasteiger partial charge in [-0.25, -0.2) is 0 Å². The van der Waals surface area contributed by atoms with Gasteiger partial charge in [-0.2, -0.15) is 0 Å². The van der Waals surface area contributed by atoms with Gasteiger partial charge >= 0.3 is 0 Å². The fraction of sp³-hybridized carbons (Fsp3) is 1.00. The van der Waals surface area contributed by atoms with E-state index in [1.54, 1.807) is 0 Å². The molecule has 6 nitrogen and oxygen atoms in total. The zero-order valence-electron chi connectivity index (χ0n) is 9.13. The molecule has 4 atom stereocenters. The summed E-state index contributed by atoms with van der Waals surface area (Å²) in [6.07, 6.45) is -1.36. The van der Waals surface area contributed by atoms with Crippen molar-refractivity contribution in [2.24, 2.45) is 0 Å². The first kappa shape index (κ1) is 10.9. The maximum Gasteiger partial charge on any atom is 0.251 e. The van der Waals surface area contributed by atoms with E-state index in [1.165, 1.54) is 7.11 Å². The molecular formula is C10H16O6. The molecule has 92 valence electrons. The molecule has 3 fully saturated rings. The lowest BCUT2D eigenvalue weighted by atomic mass is 10.0. The first-order valence-electron chi connectivity index (χ1n) is 5.54. The second kappa shape index (κ2) is 3.90. The van der Waals surface area contributed by atoms with E-state index in [0.29, 0.717) is 19.8 Å². The average Bonchev–Trinajstić information content (AvgIpc) is 2.87. The van der Waals surface area contributed by atoms with Gasteiger partial charge in [0.2, 0.25) is 6.29 Å². The van der Waals surface area contributed by atoms with E-state index in [1.807, 2.05) is 0 Å². The molecule has 0 aliphatic carbocycles. The van der Waals surface area contributed by atoms with Gasteiger partial charge in [0.15, 0.2) is 0 Å². The van der Waals surface area contributed by atoms with E-state index < -0.39 is 24.3 Å². The number of ether oxygens (including phenoxy) is 5. The standard InChI is InChI=1S/C10H16O6/c1-12-8-7(11)6-5-15-10(8,16-6)9-13-3-2-4-14-9/h6-9,11H,2-5H2,1H3. The van der Waals surface area contributed by atoms with E-state index >= 15 is 0 Å². The molecule has 0 spiro atoms. The Morgan fingerprint density at radius 3 is 2.75 bits per heavy atom. The Morgan fingerprint density at radius 1 is 1.31 bits per heavy atom. The quantitative estimate of drug-likeness (QED) is 0.676. The molecule has 3 saturated heterocycles. The zero-order valence-corrected chi connectivity index (χ0v) is 9.13. The summed E-state index contributed by atoms with van der Waals surface area (Å²) in [4.78, 5) is 0. The second-order valence-electron chi connectivity index (χ2n) is 4.26. The van der Waals surface area contributed by atoms with Crippen LogP contribution in [0.15, 0.2) is 0 Å². The normalized spacial score (nSPS) is 48.8. The third-order valence-electron chi connectivity index (χ3n) is 3.31. The highest BCUT2D eigenvalue weighted by Gasteiger charge is 2.66. The summed E-state index contributed by atoms with van der Waals surface area (Å²) in [5, 5.41) is 9.93. The van der Waals surface area contributed by atoms with Gasteiger partial charge in [0.05, 0.1) is 19.8 Å². The number of hydrogen-bond donors (Lipinski definition) is 1. The molecule has 4 unspecified atom stereocenters. The predicted octanol–water partition coefficient (Wildman–Crippen LogP) is -0.749. The molecule has 6 heteroatoms. The Morgan fingerprint density at radius 2 is 2.06 bits per heavy atom. The lowest BCUT2D eigenvalue weighted by Crippen LogP contribution is -2.58. The van der Waals surface area contributed by atoms with Crippen LogP contribution in [0.4, 0.5) is 0 Å². The summed E-state index contributed by atoms with van der Waals surface area (Å²) in [5.74, 6) is -1.10. The fourth-order valence-electron chi connectivity index (χ4n) is 2.55. The largest absolute Gasteiger partial charge is 0.387 e. The summed E-state index contributed by atoms with van der Waals surface area (Å²) in [6, 6.07) is 0. The predicted molar refractivity (Wildman–Crippen MR) is 50.7 cm³/mol. The van der Waals surface area contributed by atoms with Crippen molar-refractivity contribution in [1.29, 1.82) is 0 Å². The number of hydrogen-bond acceptors (Lipinski definition) is 6. The van der Waals surface area contributed by atoms with Gasteiger partial charge in [0.25, 0.3) is 5.79 Å². The van der Waals surface area contributed by atoms with Crippen molar-refractivity contribution in [3.8, 4) is 0 Å². The highest BCUT2D eigenvalue weighted by Crippen LogP contribution is 2.44. The van der Waals surface area contributed by atoms with Crippen molar-refractivity contribution < 1.29 is 28.8 Å². The fourth-order valence-corrected chi connectivity index (χ4v) is 2.55. The lowest BCUT2D eigenvalue weighted by Gasteiger charge is -2.39. The molecule has 3 rings (SSSR count). The van der Waals surface area contributed by atoms with Crippen molar-refractivity contribution in [2.45, 2.75) is 36.8 Å². The summed E-state index contributed by atoms with van der Waals surface area (Å²) < 4.78 is 27.5. The van der Waals surface area contributed by atoms with Gasteiger partial charge in [-0.1, -0.05) is 0 Å². The molecule has 0 aromatic carbocycles.